The number of nitriles is 1. The van der Waals surface area contributed by atoms with E-state index in [1.165, 1.54) is 0 Å². The average Bonchev–Trinajstić information content (AvgIpc) is 2.61. The Kier molecular flexibility index (Phi) is 4.34. The summed E-state index contributed by atoms with van der Waals surface area (Å²) in [5.41, 5.74) is 6.92. The van der Waals surface area contributed by atoms with Crippen LogP contribution in [0.15, 0.2) is 12.3 Å². The van der Waals surface area contributed by atoms with E-state index in [9.17, 15) is 5.26 Å². The number of nitrogens with two attached hydrogens (primary N) is 1. The number of ether oxygens (including phenoxy) is 1. The van der Waals surface area contributed by atoms with E-state index in [1.54, 1.807) is 12.3 Å². The van der Waals surface area contributed by atoms with Crippen LogP contribution in [0.3, 0.4) is 0 Å². The maximum absolute atomic E-state index is 9.24. The summed E-state index contributed by atoms with van der Waals surface area (Å²) in [7, 11) is 0. The molecule has 0 amide bonds. The molecule has 0 radical (unpaired) electrons. The molecule has 130 valence electrons. The van der Waals surface area contributed by atoms with Crippen molar-refractivity contribution < 1.29 is 4.74 Å². The fourth-order valence-electron chi connectivity index (χ4n) is 3.26. The van der Waals surface area contributed by atoms with E-state index in [4.69, 9.17) is 10.5 Å². The third kappa shape index (κ3) is 3.48. The second kappa shape index (κ2) is 6.78. The summed E-state index contributed by atoms with van der Waals surface area (Å²) in [6.07, 6.45) is 5.42. The number of aromatic nitrogens is 3. The second-order valence-electron chi connectivity index (χ2n) is 6.70. The van der Waals surface area contributed by atoms with E-state index in [1.807, 2.05) is 0 Å². The lowest BCUT2D eigenvalue weighted by Gasteiger charge is -2.32. The van der Waals surface area contributed by atoms with Crippen LogP contribution in [0.5, 0.6) is 0 Å². The quantitative estimate of drug-likeness (QED) is 0.764. The molecule has 0 aromatic carbocycles. The highest BCUT2D eigenvalue weighted by Gasteiger charge is 2.26. The first-order valence-electron chi connectivity index (χ1n) is 8.65. The molecular weight excluding hydrogens is 318 g/mol. The van der Waals surface area contributed by atoms with Gasteiger partial charge in [0, 0.05) is 42.9 Å². The van der Waals surface area contributed by atoms with Crippen LogP contribution in [0.2, 0.25) is 0 Å². The van der Waals surface area contributed by atoms with Crippen molar-refractivity contribution >= 4 is 22.7 Å². The Morgan fingerprint density at radius 3 is 2.68 bits per heavy atom. The van der Waals surface area contributed by atoms with Gasteiger partial charge in [0.2, 0.25) is 5.95 Å². The molecule has 2 aromatic heterocycles. The molecule has 2 aliphatic rings. The minimum atomic E-state index is 0.267. The van der Waals surface area contributed by atoms with E-state index in [0.29, 0.717) is 23.5 Å². The van der Waals surface area contributed by atoms with Crippen molar-refractivity contribution in [2.45, 2.75) is 43.8 Å². The van der Waals surface area contributed by atoms with Gasteiger partial charge in [-0.05, 0) is 31.7 Å². The number of pyridine rings is 1. The summed E-state index contributed by atoms with van der Waals surface area (Å²) in [5.74, 6) is 1.21. The number of hydrogen-bond acceptors (Lipinski definition) is 8. The molecule has 4 N–H and O–H groups in total. The van der Waals surface area contributed by atoms with Crippen LogP contribution in [-0.2, 0) is 4.74 Å². The van der Waals surface area contributed by atoms with Gasteiger partial charge in [-0.25, -0.2) is 15.0 Å². The molecule has 2 aromatic rings. The van der Waals surface area contributed by atoms with Crippen molar-refractivity contribution in [1.29, 1.82) is 5.26 Å². The number of hydrogen-bond donors (Lipinski definition) is 3. The Labute approximate surface area is 145 Å². The first kappa shape index (κ1) is 16.0. The second-order valence-corrected chi connectivity index (χ2v) is 6.70. The zero-order valence-corrected chi connectivity index (χ0v) is 13.9. The van der Waals surface area contributed by atoms with Crippen molar-refractivity contribution in [3.8, 4) is 6.07 Å². The summed E-state index contributed by atoms with van der Waals surface area (Å²) in [4.78, 5) is 13.4. The molecular formula is C17H21N7O. The third-order valence-electron chi connectivity index (χ3n) is 4.75. The fourth-order valence-corrected chi connectivity index (χ4v) is 3.26. The molecule has 1 aliphatic heterocycles. The van der Waals surface area contributed by atoms with Crippen LogP contribution in [0, 0.1) is 11.3 Å². The highest BCUT2D eigenvalue weighted by atomic mass is 16.5. The highest BCUT2D eigenvalue weighted by molar-refractivity contribution is 5.89. The lowest BCUT2D eigenvalue weighted by atomic mass is 9.88. The number of nitrogens with zero attached hydrogens (tertiary/aromatic N) is 4. The van der Waals surface area contributed by atoms with Gasteiger partial charge in [0.15, 0.2) is 5.82 Å². The summed E-state index contributed by atoms with van der Waals surface area (Å²) in [6, 6.07) is 4.69. The normalized spacial score (nSPS) is 23.7. The maximum Gasteiger partial charge on any atom is 0.223 e. The van der Waals surface area contributed by atoms with Crippen molar-refractivity contribution in [1.82, 2.24) is 15.0 Å². The molecule has 0 spiro atoms. The number of nitrogens with one attached hydrogen (secondary N) is 2. The van der Waals surface area contributed by atoms with Gasteiger partial charge in [-0.15, -0.1) is 0 Å². The molecule has 0 bridgehead atoms. The van der Waals surface area contributed by atoms with Gasteiger partial charge in [-0.1, -0.05) is 0 Å². The summed E-state index contributed by atoms with van der Waals surface area (Å²) >= 11 is 0. The zero-order chi connectivity index (χ0) is 17.2. The third-order valence-corrected chi connectivity index (χ3v) is 4.75. The molecule has 1 saturated heterocycles. The van der Waals surface area contributed by atoms with E-state index in [2.05, 4.69) is 31.7 Å². The largest absolute Gasteiger partial charge is 0.381 e. The number of anilines is 2. The molecule has 8 nitrogen and oxygen atoms in total. The molecule has 0 unspecified atom stereocenters. The van der Waals surface area contributed by atoms with Crippen molar-refractivity contribution in [2.24, 2.45) is 5.73 Å². The Balaban J connectivity index is 1.64. The molecule has 8 heteroatoms. The number of fused-ring (bicyclic) bond motifs is 1. The minimum Gasteiger partial charge on any atom is -0.381 e. The SMILES string of the molecule is N#Cc1cc2cnc(N[C@H]3C[C@H](N)C3)nc2c(NC2CCOCC2)n1. The summed E-state index contributed by atoms with van der Waals surface area (Å²) < 4.78 is 5.40. The van der Waals surface area contributed by atoms with Crippen molar-refractivity contribution in [3.63, 3.8) is 0 Å². The Morgan fingerprint density at radius 2 is 1.96 bits per heavy atom. The van der Waals surface area contributed by atoms with Crippen LogP contribution in [0.4, 0.5) is 11.8 Å². The average molecular weight is 339 g/mol. The van der Waals surface area contributed by atoms with Crippen LogP contribution in [-0.4, -0.2) is 46.3 Å². The van der Waals surface area contributed by atoms with Gasteiger partial charge in [0.25, 0.3) is 0 Å². The maximum atomic E-state index is 9.24. The highest BCUT2D eigenvalue weighted by Crippen LogP contribution is 2.26. The first-order valence-corrected chi connectivity index (χ1v) is 8.65. The minimum absolute atomic E-state index is 0.267. The first-order chi connectivity index (χ1) is 12.2. The van der Waals surface area contributed by atoms with Gasteiger partial charge in [0.1, 0.15) is 17.3 Å². The summed E-state index contributed by atoms with van der Waals surface area (Å²) in [6.45, 7) is 1.47. The molecule has 3 heterocycles. The molecule has 1 saturated carbocycles. The van der Waals surface area contributed by atoms with E-state index in [-0.39, 0.29) is 12.1 Å². The molecule has 25 heavy (non-hydrogen) atoms. The Bertz CT molecular complexity index is 806. The standard InChI is InChI=1S/C17H21N7O/c18-8-14-5-10-9-20-17(23-13-6-11(19)7-13)24-15(10)16(22-14)21-12-1-3-25-4-2-12/h5,9,11-13H,1-4,6-7,19H2,(H,21,22)(H,20,23,24)/t11-,13-. The van der Waals surface area contributed by atoms with Crippen LogP contribution in [0.25, 0.3) is 10.9 Å². The number of rotatable bonds is 4. The predicted octanol–water partition coefficient (Wildman–Crippen LogP) is 1.39. The lowest BCUT2D eigenvalue weighted by Crippen LogP contribution is -2.44. The Hall–Kier alpha value is -2.50. The smallest absolute Gasteiger partial charge is 0.223 e. The van der Waals surface area contributed by atoms with Gasteiger partial charge < -0.3 is 21.1 Å². The summed E-state index contributed by atoms with van der Waals surface area (Å²) in [5, 5.41) is 16.8. The van der Waals surface area contributed by atoms with Crippen molar-refractivity contribution in [2.75, 3.05) is 23.8 Å². The Morgan fingerprint density at radius 1 is 1.16 bits per heavy atom. The fraction of sp³-hybridized carbons (Fsp3) is 0.529. The van der Waals surface area contributed by atoms with Crippen LogP contribution in [0.1, 0.15) is 31.4 Å². The lowest BCUT2D eigenvalue weighted by molar-refractivity contribution is 0.0904. The zero-order valence-electron chi connectivity index (χ0n) is 13.9. The van der Waals surface area contributed by atoms with Gasteiger partial charge >= 0.3 is 0 Å². The van der Waals surface area contributed by atoms with Crippen molar-refractivity contribution in [3.05, 3.63) is 18.0 Å². The van der Waals surface area contributed by atoms with E-state index >= 15 is 0 Å². The van der Waals surface area contributed by atoms with Gasteiger partial charge in [-0.2, -0.15) is 5.26 Å². The monoisotopic (exact) mass is 339 g/mol. The molecule has 2 fully saturated rings. The van der Waals surface area contributed by atoms with E-state index < -0.39 is 0 Å². The van der Waals surface area contributed by atoms with Crippen LogP contribution < -0.4 is 16.4 Å². The predicted molar refractivity (Wildman–Crippen MR) is 94.1 cm³/mol. The van der Waals surface area contributed by atoms with Gasteiger partial charge in [0.05, 0.1) is 0 Å². The van der Waals surface area contributed by atoms with Crippen LogP contribution >= 0.6 is 0 Å². The van der Waals surface area contributed by atoms with Gasteiger partial charge in [-0.3, -0.25) is 0 Å². The van der Waals surface area contributed by atoms with E-state index in [0.717, 1.165) is 49.8 Å². The molecule has 1 aliphatic carbocycles. The topological polar surface area (TPSA) is 122 Å². The molecule has 0 atom stereocenters. The molecule has 4 rings (SSSR count).